The van der Waals surface area contributed by atoms with E-state index in [2.05, 4.69) is 0 Å². The predicted octanol–water partition coefficient (Wildman–Crippen LogP) is 3.06. The molecule has 11 heavy (non-hydrogen) atoms. The fraction of sp³-hybridized carbons (Fsp3) is 0.600. The summed E-state index contributed by atoms with van der Waals surface area (Å²) in [5, 5.41) is 0. The number of alkyl halides is 5. The summed E-state index contributed by atoms with van der Waals surface area (Å²) < 4.78 is 68.7. The maximum atomic E-state index is 11.8. The zero-order valence-electron chi connectivity index (χ0n) is 5.35. The van der Waals surface area contributed by atoms with E-state index in [1.165, 1.54) is 0 Å². The highest BCUT2D eigenvalue weighted by Gasteiger charge is 2.35. The number of hydrogen-bond acceptors (Lipinski definition) is 0. The zero-order valence-corrected chi connectivity index (χ0v) is 5.35. The summed E-state index contributed by atoms with van der Waals surface area (Å²) in [6, 6.07) is 0. The van der Waals surface area contributed by atoms with Crippen LogP contribution < -0.4 is 0 Å². The molecule has 0 aromatic rings. The summed E-state index contributed by atoms with van der Waals surface area (Å²) in [4.78, 5) is 0. The van der Waals surface area contributed by atoms with Gasteiger partial charge in [0.1, 0.15) is 0 Å². The van der Waals surface area contributed by atoms with E-state index >= 15 is 0 Å². The molecule has 0 aliphatic rings. The molecular formula is C5H4F6. The van der Waals surface area contributed by atoms with E-state index in [4.69, 9.17) is 0 Å². The highest BCUT2D eigenvalue weighted by atomic mass is 19.4. The lowest BCUT2D eigenvalue weighted by Crippen LogP contribution is -2.13. The van der Waals surface area contributed by atoms with Crippen molar-refractivity contribution in [3.63, 3.8) is 0 Å². The second-order valence-electron chi connectivity index (χ2n) is 1.77. The molecule has 66 valence electrons. The van der Waals surface area contributed by atoms with Crippen LogP contribution in [0.1, 0.15) is 6.92 Å². The van der Waals surface area contributed by atoms with Gasteiger partial charge in [0.2, 0.25) is 0 Å². The van der Waals surface area contributed by atoms with Crippen molar-refractivity contribution in [2.24, 2.45) is 0 Å². The van der Waals surface area contributed by atoms with Crippen molar-refractivity contribution in [2.75, 3.05) is 0 Å². The van der Waals surface area contributed by atoms with Gasteiger partial charge in [-0.05, 0) is 6.92 Å². The zero-order chi connectivity index (χ0) is 9.23. The molecule has 0 nitrogen and oxygen atoms in total. The van der Waals surface area contributed by atoms with E-state index in [1.54, 1.807) is 0 Å². The lowest BCUT2D eigenvalue weighted by molar-refractivity contribution is -0.0950. The third-order valence-corrected chi connectivity index (χ3v) is 0.975. The molecule has 0 heterocycles. The van der Waals surface area contributed by atoms with E-state index in [9.17, 15) is 26.3 Å². The van der Waals surface area contributed by atoms with Gasteiger partial charge < -0.3 is 0 Å². The lowest BCUT2D eigenvalue weighted by Gasteiger charge is -2.07. The van der Waals surface area contributed by atoms with Gasteiger partial charge >= 0.3 is 6.18 Å². The topological polar surface area (TPSA) is 0 Å². The summed E-state index contributed by atoms with van der Waals surface area (Å²) >= 11 is 0. The molecule has 0 saturated carbocycles. The molecule has 0 rings (SSSR count). The van der Waals surface area contributed by atoms with Crippen molar-refractivity contribution < 1.29 is 26.3 Å². The third-order valence-electron chi connectivity index (χ3n) is 0.975. The van der Waals surface area contributed by atoms with Crippen LogP contribution in [0, 0.1) is 0 Å². The van der Waals surface area contributed by atoms with Crippen LogP contribution in [0.2, 0.25) is 0 Å². The molecule has 0 fully saturated rings. The Morgan fingerprint density at radius 3 is 1.64 bits per heavy atom. The van der Waals surface area contributed by atoms with Gasteiger partial charge in [-0.15, -0.1) is 0 Å². The summed E-state index contributed by atoms with van der Waals surface area (Å²) in [7, 11) is 0. The van der Waals surface area contributed by atoms with E-state index in [-0.39, 0.29) is 6.92 Å². The first-order chi connectivity index (χ1) is 4.76. The van der Waals surface area contributed by atoms with E-state index in [1.807, 2.05) is 0 Å². The van der Waals surface area contributed by atoms with Crippen molar-refractivity contribution in [2.45, 2.75) is 19.5 Å². The molecule has 0 radical (unpaired) electrons. The summed E-state index contributed by atoms with van der Waals surface area (Å²) in [6.07, 6.45) is -8.71. The minimum atomic E-state index is -5.01. The molecule has 0 bridgehead atoms. The third kappa shape index (κ3) is 2.81. The van der Waals surface area contributed by atoms with Gasteiger partial charge in [-0.25, -0.2) is 13.2 Å². The van der Waals surface area contributed by atoms with Crippen LogP contribution >= 0.6 is 0 Å². The van der Waals surface area contributed by atoms with Crippen molar-refractivity contribution in [1.29, 1.82) is 0 Å². The number of allylic oxidation sites excluding steroid dienone is 2. The molecule has 0 aliphatic carbocycles. The molecule has 0 N–H and O–H groups in total. The highest BCUT2D eigenvalue weighted by molar-refractivity contribution is 5.12. The Hall–Kier alpha value is -0.680. The summed E-state index contributed by atoms with van der Waals surface area (Å²) in [5.74, 6) is -2.42. The number of rotatable bonds is 1. The Morgan fingerprint density at radius 2 is 1.55 bits per heavy atom. The molecule has 0 aromatic carbocycles. The van der Waals surface area contributed by atoms with Crippen LogP contribution in [-0.2, 0) is 0 Å². The van der Waals surface area contributed by atoms with E-state index in [0.29, 0.717) is 0 Å². The normalized spacial score (nSPS) is 15.3. The first-order valence-corrected chi connectivity index (χ1v) is 2.48. The Morgan fingerprint density at radius 1 is 1.18 bits per heavy atom. The SMILES string of the molecule is CC(=C(F)C(F)F)C(F)(F)F. The maximum Gasteiger partial charge on any atom is 0.415 e. The van der Waals surface area contributed by atoms with Crippen LogP contribution in [0.25, 0.3) is 0 Å². The first kappa shape index (κ1) is 10.3. The van der Waals surface area contributed by atoms with Crippen LogP contribution in [0.15, 0.2) is 11.4 Å². The van der Waals surface area contributed by atoms with Crippen LogP contribution in [0.5, 0.6) is 0 Å². The summed E-state index contributed by atoms with van der Waals surface area (Å²) in [5.41, 5.74) is -1.88. The quantitative estimate of drug-likeness (QED) is 0.541. The molecule has 6 heteroatoms. The largest absolute Gasteiger partial charge is 0.415 e. The fourth-order valence-corrected chi connectivity index (χ4v) is 0.299. The van der Waals surface area contributed by atoms with Crippen LogP contribution in [-0.4, -0.2) is 12.6 Å². The molecule has 0 aromatic heterocycles. The lowest BCUT2D eigenvalue weighted by atomic mass is 10.2. The van der Waals surface area contributed by atoms with Gasteiger partial charge in [0.25, 0.3) is 6.43 Å². The Kier molecular flexibility index (Phi) is 2.95. The Balaban J connectivity index is 4.67. The van der Waals surface area contributed by atoms with Gasteiger partial charge in [0, 0.05) is 0 Å². The predicted molar refractivity (Wildman–Crippen MR) is 25.9 cm³/mol. The van der Waals surface area contributed by atoms with E-state index in [0.717, 1.165) is 0 Å². The van der Waals surface area contributed by atoms with Crippen LogP contribution in [0.3, 0.4) is 0 Å². The second kappa shape index (κ2) is 3.15. The fourth-order valence-electron chi connectivity index (χ4n) is 0.299. The molecule has 0 unspecified atom stereocenters. The molecule has 0 amide bonds. The first-order valence-electron chi connectivity index (χ1n) is 2.48. The van der Waals surface area contributed by atoms with Crippen molar-refractivity contribution >= 4 is 0 Å². The van der Waals surface area contributed by atoms with Crippen molar-refractivity contribution in [3.8, 4) is 0 Å². The molecular weight excluding hydrogens is 174 g/mol. The minimum Gasteiger partial charge on any atom is -0.205 e. The Bertz CT molecular complexity index is 164. The van der Waals surface area contributed by atoms with Gasteiger partial charge in [-0.2, -0.15) is 13.2 Å². The smallest absolute Gasteiger partial charge is 0.205 e. The van der Waals surface area contributed by atoms with E-state index < -0.39 is 24.0 Å². The van der Waals surface area contributed by atoms with Gasteiger partial charge in [0.05, 0.1) is 5.57 Å². The summed E-state index contributed by atoms with van der Waals surface area (Å²) in [6.45, 7) is 0.265. The second-order valence-corrected chi connectivity index (χ2v) is 1.77. The maximum absolute atomic E-state index is 11.8. The van der Waals surface area contributed by atoms with Gasteiger partial charge in [0.15, 0.2) is 5.83 Å². The molecule has 0 spiro atoms. The molecule has 0 aliphatic heterocycles. The highest BCUT2D eigenvalue weighted by Crippen LogP contribution is 2.30. The molecule has 0 saturated heterocycles. The minimum absolute atomic E-state index is 0.265. The van der Waals surface area contributed by atoms with Crippen molar-refractivity contribution in [1.82, 2.24) is 0 Å². The standard InChI is InChI=1S/C5H4F6/c1-2(5(9,10)11)3(6)4(7)8/h4H,1H3. The van der Waals surface area contributed by atoms with Crippen LogP contribution in [0.4, 0.5) is 26.3 Å². The molecule has 0 atom stereocenters. The Labute approximate surface area is 58.5 Å². The number of halogens is 6. The average molecular weight is 178 g/mol. The average Bonchev–Trinajstić information content (AvgIpc) is 1.82. The van der Waals surface area contributed by atoms with Gasteiger partial charge in [-0.1, -0.05) is 0 Å². The van der Waals surface area contributed by atoms with Gasteiger partial charge in [-0.3, -0.25) is 0 Å². The monoisotopic (exact) mass is 178 g/mol. The number of hydrogen-bond donors (Lipinski definition) is 0. The van der Waals surface area contributed by atoms with Crippen molar-refractivity contribution in [3.05, 3.63) is 11.4 Å².